The van der Waals surface area contributed by atoms with Gasteiger partial charge in [0.05, 0.1) is 29.5 Å². The van der Waals surface area contributed by atoms with Gasteiger partial charge in [-0.25, -0.2) is 9.18 Å². The highest BCUT2D eigenvalue weighted by atomic mass is 35.5. The molecule has 0 radical (unpaired) electrons. The molecule has 1 N–H and O–H groups in total. The van der Waals surface area contributed by atoms with Crippen molar-refractivity contribution in [1.82, 2.24) is 4.98 Å². The van der Waals surface area contributed by atoms with Crippen molar-refractivity contribution in [3.05, 3.63) is 58.6 Å². The van der Waals surface area contributed by atoms with Gasteiger partial charge in [-0.3, -0.25) is 9.78 Å². The van der Waals surface area contributed by atoms with Crippen molar-refractivity contribution in [3.63, 3.8) is 0 Å². The molecule has 1 amide bonds. The van der Waals surface area contributed by atoms with Crippen LogP contribution in [0.25, 0.3) is 0 Å². The molecular formula is C14H10ClFN2O3. The lowest BCUT2D eigenvalue weighted by Gasteiger charge is -2.08. The van der Waals surface area contributed by atoms with Gasteiger partial charge in [-0.2, -0.15) is 0 Å². The molecule has 1 aromatic carbocycles. The second-order valence-corrected chi connectivity index (χ2v) is 4.40. The van der Waals surface area contributed by atoms with Crippen LogP contribution in [0.5, 0.6) is 0 Å². The summed E-state index contributed by atoms with van der Waals surface area (Å²) in [5, 5.41) is 2.66. The van der Waals surface area contributed by atoms with Crippen molar-refractivity contribution < 1.29 is 18.7 Å². The van der Waals surface area contributed by atoms with E-state index in [0.29, 0.717) is 5.69 Å². The van der Waals surface area contributed by atoms with E-state index in [4.69, 9.17) is 11.6 Å². The number of esters is 1. The van der Waals surface area contributed by atoms with Crippen LogP contribution in [-0.2, 0) is 4.74 Å². The third-order valence-electron chi connectivity index (χ3n) is 2.65. The first-order valence-electron chi connectivity index (χ1n) is 5.81. The number of hydrogen-bond acceptors (Lipinski definition) is 4. The molecule has 108 valence electrons. The number of nitrogens with zero attached hydrogens (tertiary/aromatic N) is 1. The molecule has 0 saturated heterocycles. The Hall–Kier alpha value is -2.47. The number of hydrogen-bond donors (Lipinski definition) is 1. The molecule has 5 nitrogen and oxygen atoms in total. The fraction of sp³-hybridized carbons (Fsp3) is 0.0714. The molecule has 0 aliphatic heterocycles. The molecule has 7 heteroatoms. The van der Waals surface area contributed by atoms with Gasteiger partial charge in [0, 0.05) is 11.9 Å². The van der Waals surface area contributed by atoms with Crippen LogP contribution in [0.4, 0.5) is 10.1 Å². The molecule has 2 rings (SSSR count). The number of methoxy groups -OCH3 is 1. The molecule has 1 aromatic heterocycles. The van der Waals surface area contributed by atoms with Gasteiger partial charge in [0.25, 0.3) is 5.91 Å². The lowest BCUT2D eigenvalue weighted by atomic mass is 10.2. The Labute approximate surface area is 124 Å². The maximum atomic E-state index is 13.5. The highest BCUT2D eigenvalue weighted by Crippen LogP contribution is 2.22. The van der Waals surface area contributed by atoms with Gasteiger partial charge in [0.2, 0.25) is 0 Å². The number of amides is 1. The number of pyridine rings is 1. The molecule has 2 aromatic rings. The van der Waals surface area contributed by atoms with Gasteiger partial charge >= 0.3 is 5.97 Å². The van der Waals surface area contributed by atoms with Crippen LogP contribution in [0.1, 0.15) is 20.7 Å². The third-order valence-corrected chi connectivity index (χ3v) is 2.98. The molecule has 0 aliphatic carbocycles. The van der Waals surface area contributed by atoms with Gasteiger partial charge in [-0.1, -0.05) is 11.6 Å². The highest BCUT2D eigenvalue weighted by Gasteiger charge is 2.15. The van der Waals surface area contributed by atoms with E-state index in [1.165, 1.54) is 37.6 Å². The van der Waals surface area contributed by atoms with Crippen LogP contribution in [0.2, 0.25) is 5.02 Å². The zero-order valence-corrected chi connectivity index (χ0v) is 11.6. The van der Waals surface area contributed by atoms with Crippen molar-refractivity contribution in [2.75, 3.05) is 12.4 Å². The summed E-state index contributed by atoms with van der Waals surface area (Å²) in [7, 11) is 1.22. The summed E-state index contributed by atoms with van der Waals surface area (Å²) in [5.74, 6) is -2.03. The molecule has 0 fully saturated rings. The maximum absolute atomic E-state index is 13.5. The molecule has 0 saturated carbocycles. The molecule has 1 heterocycles. The van der Waals surface area contributed by atoms with E-state index < -0.39 is 17.7 Å². The SMILES string of the molecule is COC(=O)c1cc(NC(=O)c2ccncc2F)ccc1Cl. The monoisotopic (exact) mass is 308 g/mol. The summed E-state index contributed by atoms with van der Waals surface area (Å²) in [6.45, 7) is 0. The highest BCUT2D eigenvalue weighted by molar-refractivity contribution is 6.33. The average molecular weight is 309 g/mol. The predicted octanol–water partition coefficient (Wildman–Crippen LogP) is 2.91. The number of anilines is 1. The summed E-state index contributed by atoms with van der Waals surface area (Å²) in [4.78, 5) is 27.0. The van der Waals surface area contributed by atoms with Crippen molar-refractivity contribution in [2.45, 2.75) is 0 Å². The van der Waals surface area contributed by atoms with Gasteiger partial charge in [-0.15, -0.1) is 0 Å². The largest absolute Gasteiger partial charge is 0.465 e. The molecule has 0 aliphatic rings. The van der Waals surface area contributed by atoms with Crippen LogP contribution in [0.15, 0.2) is 36.7 Å². The van der Waals surface area contributed by atoms with Gasteiger partial charge in [0.15, 0.2) is 5.82 Å². The normalized spacial score (nSPS) is 10.0. The minimum atomic E-state index is -0.739. The summed E-state index contributed by atoms with van der Waals surface area (Å²) in [6.07, 6.45) is 2.25. The molecule has 0 spiro atoms. The van der Waals surface area contributed by atoms with Gasteiger partial charge in [0.1, 0.15) is 0 Å². The van der Waals surface area contributed by atoms with Crippen LogP contribution < -0.4 is 5.32 Å². The topological polar surface area (TPSA) is 68.3 Å². The van der Waals surface area contributed by atoms with Crippen LogP contribution in [0, 0.1) is 5.82 Å². The first-order valence-corrected chi connectivity index (χ1v) is 6.19. The zero-order chi connectivity index (χ0) is 15.4. The lowest BCUT2D eigenvalue weighted by Crippen LogP contribution is -2.14. The lowest BCUT2D eigenvalue weighted by molar-refractivity contribution is 0.0600. The predicted molar refractivity (Wildman–Crippen MR) is 74.9 cm³/mol. The standard InChI is InChI=1S/C14H10ClFN2O3/c1-21-14(20)10-6-8(2-3-11(10)15)18-13(19)9-4-5-17-7-12(9)16/h2-7H,1H3,(H,18,19). The number of nitrogens with one attached hydrogen (secondary N) is 1. The number of benzene rings is 1. The van der Waals surface area contributed by atoms with Crippen LogP contribution in [-0.4, -0.2) is 24.0 Å². The number of carbonyl (C=O) groups excluding carboxylic acids is 2. The number of carbonyl (C=O) groups is 2. The van der Waals surface area contributed by atoms with Crippen LogP contribution >= 0.6 is 11.6 Å². The Morgan fingerprint density at radius 1 is 1.29 bits per heavy atom. The van der Waals surface area contributed by atoms with Gasteiger partial charge in [-0.05, 0) is 24.3 Å². The minimum Gasteiger partial charge on any atom is -0.465 e. The minimum absolute atomic E-state index is 0.104. The Balaban J connectivity index is 2.26. The summed E-state index contributed by atoms with van der Waals surface area (Å²) < 4.78 is 18.0. The second kappa shape index (κ2) is 6.32. The Kier molecular flexibility index (Phi) is 4.49. The van der Waals surface area contributed by atoms with Crippen molar-refractivity contribution in [3.8, 4) is 0 Å². The van der Waals surface area contributed by atoms with E-state index in [9.17, 15) is 14.0 Å². The molecule has 0 bridgehead atoms. The average Bonchev–Trinajstić information content (AvgIpc) is 2.48. The van der Waals surface area contributed by atoms with E-state index in [-0.39, 0.29) is 16.1 Å². The van der Waals surface area contributed by atoms with E-state index in [1.54, 1.807) is 0 Å². The van der Waals surface area contributed by atoms with E-state index in [0.717, 1.165) is 6.20 Å². The quantitative estimate of drug-likeness (QED) is 0.885. The first kappa shape index (κ1) is 14.9. The van der Waals surface area contributed by atoms with Crippen molar-refractivity contribution >= 4 is 29.2 Å². The zero-order valence-electron chi connectivity index (χ0n) is 10.9. The Morgan fingerprint density at radius 3 is 2.71 bits per heavy atom. The third kappa shape index (κ3) is 3.35. The fourth-order valence-corrected chi connectivity index (χ4v) is 1.82. The smallest absolute Gasteiger partial charge is 0.339 e. The second-order valence-electron chi connectivity index (χ2n) is 4.00. The molecular weight excluding hydrogens is 299 g/mol. The number of rotatable bonds is 3. The van der Waals surface area contributed by atoms with Crippen LogP contribution in [0.3, 0.4) is 0 Å². The first-order chi connectivity index (χ1) is 10.0. The maximum Gasteiger partial charge on any atom is 0.339 e. The van der Waals surface area contributed by atoms with Crippen molar-refractivity contribution in [1.29, 1.82) is 0 Å². The number of ether oxygens (including phenoxy) is 1. The van der Waals surface area contributed by atoms with E-state index in [1.807, 2.05) is 0 Å². The number of halogens is 2. The summed E-state index contributed by atoms with van der Waals surface area (Å²) in [5.41, 5.74) is 0.243. The van der Waals surface area contributed by atoms with Crippen molar-refractivity contribution in [2.24, 2.45) is 0 Å². The molecule has 0 atom stereocenters. The Bertz CT molecular complexity index is 706. The van der Waals surface area contributed by atoms with E-state index >= 15 is 0 Å². The summed E-state index contributed by atoms with van der Waals surface area (Å²) in [6, 6.07) is 5.53. The number of aromatic nitrogens is 1. The Morgan fingerprint density at radius 2 is 2.05 bits per heavy atom. The fourth-order valence-electron chi connectivity index (χ4n) is 1.63. The van der Waals surface area contributed by atoms with Gasteiger partial charge < -0.3 is 10.1 Å². The molecule has 21 heavy (non-hydrogen) atoms. The summed E-state index contributed by atoms with van der Waals surface area (Å²) >= 11 is 5.87. The van der Waals surface area contributed by atoms with E-state index in [2.05, 4.69) is 15.0 Å². The molecule has 0 unspecified atom stereocenters.